The summed E-state index contributed by atoms with van der Waals surface area (Å²) in [6, 6.07) is 7.90. The quantitative estimate of drug-likeness (QED) is 0.787. The average Bonchev–Trinajstić information content (AvgIpc) is 3.30. The van der Waals surface area contributed by atoms with Crippen LogP contribution in [-0.4, -0.2) is 66.9 Å². The minimum absolute atomic E-state index is 0.114. The Hall–Kier alpha value is -2.54. The molecule has 3 aliphatic heterocycles. The van der Waals surface area contributed by atoms with E-state index in [4.69, 9.17) is 9.47 Å². The van der Waals surface area contributed by atoms with Gasteiger partial charge in [-0.25, -0.2) is 0 Å². The van der Waals surface area contributed by atoms with E-state index in [1.54, 1.807) is 11.0 Å². The van der Waals surface area contributed by atoms with Crippen LogP contribution in [0.15, 0.2) is 36.4 Å². The van der Waals surface area contributed by atoms with Crippen LogP contribution in [0.2, 0.25) is 0 Å². The summed E-state index contributed by atoms with van der Waals surface area (Å²) in [5.41, 5.74) is 1.03. The van der Waals surface area contributed by atoms with Crippen LogP contribution in [0.3, 0.4) is 0 Å². The van der Waals surface area contributed by atoms with Crippen LogP contribution >= 0.6 is 0 Å². The van der Waals surface area contributed by atoms with E-state index >= 15 is 0 Å². The standard InChI is InChI=1S/C20H24N2O5/c1-2-26-14-6-4-3-5-13(14)21-9-11-22(12-10-21)19(23)17-15-7-8-16(27-15)18(17)20(24)25/h3-8,15-18H,2,9-12H2,1H3,(H,24,25)/t15-,16+,17-,18+/m1/s1. The lowest BCUT2D eigenvalue weighted by molar-refractivity contribution is -0.149. The van der Waals surface area contributed by atoms with Crippen molar-refractivity contribution in [2.75, 3.05) is 37.7 Å². The Morgan fingerprint density at radius 1 is 1.11 bits per heavy atom. The lowest BCUT2D eigenvalue weighted by Crippen LogP contribution is -2.53. The fourth-order valence-corrected chi connectivity index (χ4v) is 4.27. The maximum absolute atomic E-state index is 13.0. The van der Waals surface area contributed by atoms with Crippen LogP contribution in [0.1, 0.15) is 6.92 Å². The van der Waals surface area contributed by atoms with E-state index in [1.165, 1.54) is 0 Å². The number of carbonyl (C=O) groups excluding carboxylic acids is 1. The molecule has 0 aliphatic carbocycles. The van der Waals surface area contributed by atoms with Crippen molar-refractivity contribution in [3.8, 4) is 5.75 Å². The molecule has 1 N–H and O–H groups in total. The third kappa shape index (κ3) is 3.16. The van der Waals surface area contributed by atoms with Crippen LogP contribution in [0.4, 0.5) is 5.69 Å². The fraction of sp³-hybridized carbons (Fsp3) is 0.500. The number of hydrogen-bond acceptors (Lipinski definition) is 5. The van der Waals surface area contributed by atoms with Crippen molar-refractivity contribution in [1.29, 1.82) is 0 Å². The maximum atomic E-state index is 13.0. The van der Waals surface area contributed by atoms with Gasteiger partial charge in [-0.15, -0.1) is 0 Å². The van der Waals surface area contributed by atoms with Crippen LogP contribution in [-0.2, 0) is 14.3 Å². The number of hydrogen-bond donors (Lipinski definition) is 1. The Bertz CT molecular complexity index is 756. The largest absolute Gasteiger partial charge is 0.492 e. The Morgan fingerprint density at radius 2 is 1.78 bits per heavy atom. The molecule has 2 bridgehead atoms. The van der Waals surface area contributed by atoms with Crippen molar-refractivity contribution in [1.82, 2.24) is 4.90 Å². The second-order valence-electron chi connectivity index (χ2n) is 7.05. The highest BCUT2D eigenvalue weighted by molar-refractivity contribution is 5.87. The van der Waals surface area contributed by atoms with E-state index in [2.05, 4.69) is 4.90 Å². The first-order chi connectivity index (χ1) is 13.1. The topological polar surface area (TPSA) is 79.3 Å². The van der Waals surface area contributed by atoms with Gasteiger partial charge in [0.2, 0.25) is 5.91 Å². The average molecular weight is 372 g/mol. The van der Waals surface area contributed by atoms with Gasteiger partial charge < -0.3 is 24.4 Å². The van der Waals surface area contributed by atoms with Crippen molar-refractivity contribution >= 4 is 17.6 Å². The summed E-state index contributed by atoms with van der Waals surface area (Å²) < 4.78 is 11.3. The third-order valence-electron chi connectivity index (χ3n) is 5.57. The van der Waals surface area contributed by atoms with Crippen molar-refractivity contribution in [3.05, 3.63) is 36.4 Å². The molecule has 0 spiro atoms. The normalized spacial score (nSPS) is 29.2. The Morgan fingerprint density at radius 3 is 2.44 bits per heavy atom. The number of ether oxygens (including phenoxy) is 2. The highest BCUT2D eigenvalue weighted by Gasteiger charge is 2.54. The molecule has 0 unspecified atom stereocenters. The molecule has 1 aromatic carbocycles. The SMILES string of the molecule is CCOc1ccccc1N1CCN(C(=O)[C@H]2[C@@H](C(=O)O)[C@@H]3C=C[C@H]2O3)CC1. The molecule has 144 valence electrons. The molecule has 4 rings (SSSR count). The van der Waals surface area contributed by atoms with E-state index in [1.807, 2.05) is 37.3 Å². The van der Waals surface area contributed by atoms with E-state index in [-0.39, 0.29) is 5.91 Å². The van der Waals surface area contributed by atoms with Crippen LogP contribution < -0.4 is 9.64 Å². The van der Waals surface area contributed by atoms with Gasteiger partial charge >= 0.3 is 5.97 Å². The number of anilines is 1. The van der Waals surface area contributed by atoms with Gasteiger partial charge in [0.1, 0.15) is 11.7 Å². The molecule has 27 heavy (non-hydrogen) atoms. The van der Waals surface area contributed by atoms with Gasteiger partial charge in [-0.2, -0.15) is 0 Å². The second-order valence-corrected chi connectivity index (χ2v) is 7.05. The highest BCUT2D eigenvalue weighted by atomic mass is 16.5. The third-order valence-corrected chi connectivity index (χ3v) is 5.57. The molecule has 1 amide bonds. The van der Waals surface area contributed by atoms with Gasteiger partial charge in [0.25, 0.3) is 0 Å². The van der Waals surface area contributed by atoms with E-state index in [0.717, 1.165) is 11.4 Å². The first-order valence-corrected chi connectivity index (χ1v) is 9.42. The van der Waals surface area contributed by atoms with Gasteiger partial charge in [-0.3, -0.25) is 9.59 Å². The van der Waals surface area contributed by atoms with Crippen molar-refractivity contribution < 1.29 is 24.2 Å². The van der Waals surface area contributed by atoms with Gasteiger partial charge in [-0.1, -0.05) is 24.3 Å². The molecular formula is C20H24N2O5. The second kappa shape index (κ2) is 7.23. The zero-order valence-corrected chi connectivity index (χ0v) is 15.3. The van der Waals surface area contributed by atoms with E-state index in [9.17, 15) is 14.7 Å². The first-order valence-electron chi connectivity index (χ1n) is 9.42. The van der Waals surface area contributed by atoms with E-state index < -0.39 is 30.0 Å². The van der Waals surface area contributed by atoms with E-state index in [0.29, 0.717) is 32.8 Å². The highest BCUT2D eigenvalue weighted by Crippen LogP contribution is 2.40. The summed E-state index contributed by atoms with van der Waals surface area (Å²) in [6.45, 7) is 5.05. The number of carboxylic acids is 1. The lowest BCUT2D eigenvalue weighted by Gasteiger charge is -2.38. The zero-order valence-electron chi connectivity index (χ0n) is 15.3. The van der Waals surface area contributed by atoms with Crippen molar-refractivity contribution in [3.63, 3.8) is 0 Å². The summed E-state index contributed by atoms with van der Waals surface area (Å²) >= 11 is 0. The molecule has 1 aromatic rings. The van der Waals surface area contributed by atoms with Crippen molar-refractivity contribution in [2.24, 2.45) is 11.8 Å². The zero-order chi connectivity index (χ0) is 19.0. The molecule has 0 radical (unpaired) electrons. The summed E-state index contributed by atoms with van der Waals surface area (Å²) in [7, 11) is 0. The number of aliphatic carboxylic acids is 1. The molecule has 3 aliphatic rings. The summed E-state index contributed by atoms with van der Waals surface area (Å²) in [5.74, 6) is -1.65. The number of piperazine rings is 1. The molecule has 0 aromatic heterocycles. The summed E-state index contributed by atoms with van der Waals surface area (Å²) in [6.07, 6.45) is 2.68. The summed E-state index contributed by atoms with van der Waals surface area (Å²) in [5, 5.41) is 9.52. The minimum atomic E-state index is -0.963. The number of fused-ring (bicyclic) bond motifs is 2. The number of amides is 1. The molecule has 2 saturated heterocycles. The smallest absolute Gasteiger partial charge is 0.310 e. The van der Waals surface area contributed by atoms with Crippen molar-refractivity contribution in [2.45, 2.75) is 19.1 Å². The molecule has 0 saturated carbocycles. The molecule has 3 heterocycles. The number of para-hydroxylation sites is 2. The Kier molecular flexibility index (Phi) is 4.78. The van der Waals surface area contributed by atoms with Gasteiger partial charge in [-0.05, 0) is 19.1 Å². The Labute approximate surface area is 158 Å². The van der Waals surface area contributed by atoms with Gasteiger partial charge in [0.05, 0.1) is 30.4 Å². The number of carbonyl (C=O) groups is 2. The van der Waals surface area contributed by atoms with Crippen LogP contribution in [0.5, 0.6) is 5.75 Å². The monoisotopic (exact) mass is 372 g/mol. The van der Waals surface area contributed by atoms with Gasteiger partial charge in [0, 0.05) is 26.2 Å². The predicted octanol–water partition coefficient (Wildman–Crippen LogP) is 1.39. The molecule has 7 nitrogen and oxygen atoms in total. The fourth-order valence-electron chi connectivity index (χ4n) is 4.27. The summed E-state index contributed by atoms with van der Waals surface area (Å²) in [4.78, 5) is 28.6. The number of rotatable bonds is 5. The first kappa shape index (κ1) is 17.9. The minimum Gasteiger partial charge on any atom is -0.492 e. The van der Waals surface area contributed by atoms with Crippen LogP contribution in [0, 0.1) is 11.8 Å². The maximum Gasteiger partial charge on any atom is 0.310 e. The lowest BCUT2D eigenvalue weighted by atomic mass is 9.82. The van der Waals surface area contributed by atoms with Gasteiger partial charge in [0.15, 0.2) is 0 Å². The predicted molar refractivity (Wildman–Crippen MR) is 98.8 cm³/mol. The Balaban J connectivity index is 1.43. The molecule has 4 atom stereocenters. The van der Waals surface area contributed by atoms with Crippen LogP contribution in [0.25, 0.3) is 0 Å². The number of carboxylic acid groups (broad SMARTS) is 1. The molecule has 7 heteroatoms. The number of benzene rings is 1. The molecular weight excluding hydrogens is 348 g/mol. The molecule has 2 fully saturated rings. The number of nitrogens with zero attached hydrogens (tertiary/aromatic N) is 2.